The minimum Gasteiger partial charge on any atom is -0.507 e. The second kappa shape index (κ2) is 6.39. The van der Waals surface area contributed by atoms with Crippen molar-refractivity contribution in [3.05, 3.63) is 41.6 Å². The minimum atomic E-state index is -0.484. The maximum atomic E-state index is 12.1. The highest BCUT2D eigenvalue weighted by Crippen LogP contribution is 2.30. The SMILES string of the molecule is Cc1cc(O)c2cc(C3=CCN(C(=O)OC(C)(C)C)CC3)ccc2n1. The van der Waals surface area contributed by atoms with Gasteiger partial charge in [-0.2, -0.15) is 0 Å². The van der Waals surface area contributed by atoms with Crippen LogP contribution in [0.4, 0.5) is 4.79 Å². The van der Waals surface area contributed by atoms with Crippen molar-refractivity contribution in [3.8, 4) is 5.75 Å². The number of hydrogen-bond donors (Lipinski definition) is 1. The smallest absolute Gasteiger partial charge is 0.410 e. The normalized spacial score (nSPS) is 15.2. The van der Waals surface area contributed by atoms with Gasteiger partial charge < -0.3 is 14.7 Å². The predicted octanol–water partition coefficient (Wildman–Crippen LogP) is 4.27. The molecule has 25 heavy (non-hydrogen) atoms. The quantitative estimate of drug-likeness (QED) is 0.842. The van der Waals surface area contributed by atoms with E-state index in [2.05, 4.69) is 4.98 Å². The third-order valence-corrected chi connectivity index (χ3v) is 4.15. The average molecular weight is 340 g/mol. The van der Waals surface area contributed by atoms with Crippen LogP contribution in [0, 0.1) is 6.92 Å². The zero-order valence-electron chi connectivity index (χ0n) is 15.2. The van der Waals surface area contributed by atoms with Gasteiger partial charge in [-0.3, -0.25) is 4.98 Å². The fraction of sp³-hybridized carbons (Fsp3) is 0.400. The number of carbonyl (C=O) groups is 1. The largest absolute Gasteiger partial charge is 0.507 e. The molecule has 1 amide bonds. The molecule has 5 nitrogen and oxygen atoms in total. The summed E-state index contributed by atoms with van der Waals surface area (Å²) in [5.74, 6) is 0.246. The average Bonchev–Trinajstić information content (AvgIpc) is 2.53. The predicted molar refractivity (Wildman–Crippen MR) is 98.5 cm³/mol. The Labute approximate surface area is 147 Å². The second-order valence-electron chi connectivity index (χ2n) is 7.42. The van der Waals surface area contributed by atoms with E-state index in [1.807, 2.05) is 52.0 Å². The van der Waals surface area contributed by atoms with Crippen molar-refractivity contribution in [3.63, 3.8) is 0 Å². The summed E-state index contributed by atoms with van der Waals surface area (Å²) in [6.45, 7) is 8.62. The molecule has 0 unspecified atom stereocenters. The lowest BCUT2D eigenvalue weighted by Gasteiger charge is -2.29. The number of ether oxygens (including phenoxy) is 1. The molecular formula is C20H24N2O3. The van der Waals surface area contributed by atoms with Crippen LogP contribution >= 0.6 is 0 Å². The van der Waals surface area contributed by atoms with Gasteiger partial charge in [0.1, 0.15) is 11.4 Å². The third-order valence-electron chi connectivity index (χ3n) is 4.15. The highest BCUT2D eigenvalue weighted by atomic mass is 16.6. The van der Waals surface area contributed by atoms with Crippen LogP contribution in [0.1, 0.15) is 38.4 Å². The molecule has 0 bridgehead atoms. The Kier molecular flexibility index (Phi) is 4.41. The number of aromatic nitrogens is 1. The van der Waals surface area contributed by atoms with E-state index in [1.54, 1.807) is 11.0 Å². The lowest BCUT2D eigenvalue weighted by molar-refractivity contribution is 0.0270. The minimum absolute atomic E-state index is 0.246. The van der Waals surface area contributed by atoms with Crippen molar-refractivity contribution in [2.75, 3.05) is 13.1 Å². The zero-order chi connectivity index (χ0) is 18.2. The van der Waals surface area contributed by atoms with E-state index in [9.17, 15) is 9.90 Å². The molecule has 2 heterocycles. The van der Waals surface area contributed by atoms with E-state index < -0.39 is 5.60 Å². The molecule has 0 aliphatic carbocycles. The molecule has 0 saturated heterocycles. The van der Waals surface area contributed by atoms with Gasteiger partial charge in [0.25, 0.3) is 0 Å². The monoisotopic (exact) mass is 340 g/mol. The molecule has 0 radical (unpaired) electrons. The fourth-order valence-corrected chi connectivity index (χ4v) is 2.96. The van der Waals surface area contributed by atoms with Gasteiger partial charge in [-0.1, -0.05) is 12.1 Å². The number of fused-ring (bicyclic) bond motifs is 1. The van der Waals surface area contributed by atoms with Crippen molar-refractivity contribution in [2.45, 2.75) is 39.7 Å². The molecular weight excluding hydrogens is 316 g/mol. The van der Waals surface area contributed by atoms with E-state index in [1.165, 1.54) is 5.57 Å². The summed E-state index contributed by atoms with van der Waals surface area (Å²) in [4.78, 5) is 18.3. The summed E-state index contributed by atoms with van der Waals surface area (Å²) in [7, 11) is 0. The van der Waals surface area contributed by atoms with Crippen LogP contribution in [-0.4, -0.2) is 39.8 Å². The molecule has 1 aliphatic heterocycles. The number of aryl methyl sites for hydroxylation is 1. The maximum absolute atomic E-state index is 12.1. The zero-order valence-corrected chi connectivity index (χ0v) is 15.2. The Hall–Kier alpha value is -2.56. The molecule has 1 aromatic heterocycles. The van der Waals surface area contributed by atoms with E-state index in [-0.39, 0.29) is 11.8 Å². The number of aromatic hydroxyl groups is 1. The van der Waals surface area contributed by atoms with Crippen molar-refractivity contribution in [1.29, 1.82) is 0 Å². The van der Waals surface area contributed by atoms with Crippen LogP contribution in [0.2, 0.25) is 0 Å². The molecule has 2 aromatic rings. The van der Waals surface area contributed by atoms with Crippen molar-refractivity contribution in [1.82, 2.24) is 9.88 Å². The highest BCUT2D eigenvalue weighted by Gasteiger charge is 2.24. The summed E-state index contributed by atoms with van der Waals surface area (Å²) >= 11 is 0. The Morgan fingerprint density at radius 2 is 2.04 bits per heavy atom. The molecule has 3 rings (SSSR count). The van der Waals surface area contributed by atoms with Crippen LogP contribution in [0.15, 0.2) is 30.3 Å². The third kappa shape index (κ3) is 3.92. The number of pyridine rings is 1. The summed E-state index contributed by atoms with van der Waals surface area (Å²) in [6, 6.07) is 7.58. The van der Waals surface area contributed by atoms with Gasteiger partial charge in [-0.05, 0) is 57.4 Å². The lowest BCUT2D eigenvalue weighted by Crippen LogP contribution is -2.39. The van der Waals surface area contributed by atoms with E-state index in [0.29, 0.717) is 13.1 Å². The Morgan fingerprint density at radius 1 is 1.28 bits per heavy atom. The summed E-state index contributed by atoms with van der Waals surface area (Å²) in [5.41, 5.74) is 3.32. The molecule has 5 heteroatoms. The summed E-state index contributed by atoms with van der Waals surface area (Å²) < 4.78 is 5.42. The van der Waals surface area contributed by atoms with Crippen LogP contribution in [0.25, 0.3) is 16.5 Å². The molecule has 0 atom stereocenters. The first-order chi connectivity index (χ1) is 11.7. The number of nitrogens with zero attached hydrogens (tertiary/aromatic N) is 2. The van der Waals surface area contributed by atoms with Gasteiger partial charge in [0.15, 0.2) is 0 Å². The van der Waals surface area contributed by atoms with Gasteiger partial charge in [0.05, 0.1) is 5.52 Å². The number of carbonyl (C=O) groups excluding carboxylic acids is 1. The molecule has 0 saturated carbocycles. The van der Waals surface area contributed by atoms with Crippen LogP contribution in [-0.2, 0) is 4.74 Å². The first-order valence-electron chi connectivity index (χ1n) is 8.51. The van der Waals surface area contributed by atoms with Crippen molar-refractivity contribution >= 4 is 22.6 Å². The van der Waals surface area contributed by atoms with Gasteiger partial charge in [-0.15, -0.1) is 0 Å². The first kappa shape index (κ1) is 17.3. The highest BCUT2D eigenvalue weighted by molar-refractivity contribution is 5.88. The molecule has 132 valence electrons. The first-order valence-corrected chi connectivity index (χ1v) is 8.51. The van der Waals surface area contributed by atoms with Crippen LogP contribution in [0.5, 0.6) is 5.75 Å². The second-order valence-corrected chi connectivity index (χ2v) is 7.42. The Bertz CT molecular complexity index is 850. The van der Waals surface area contributed by atoms with Gasteiger partial charge in [0.2, 0.25) is 0 Å². The van der Waals surface area contributed by atoms with E-state index in [4.69, 9.17) is 4.74 Å². The molecule has 1 aromatic carbocycles. The van der Waals surface area contributed by atoms with Crippen LogP contribution < -0.4 is 0 Å². The number of rotatable bonds is 1. The van der Waals surface area contributed by atoms with Crippen molar-refractivity contribution in [2.24, 2.45) is 0 Å². The molecule has 1 aliphatic rings. The number of amides is 1. The molecule has 0 fully saturated rings. The van der Waals surface area contributed by atoms with Crippen LogP contribution in [0.3, 0.4) is 0 Å². The number of benzene rings is 1. The maximum Gasteiger partial charge on any atom is 0.410 e. The molecule has 0 spiro atoms. The Morgan fingerprint density at radius 3 is 2.68 bits per heavy atom. The topological polar surface area (TPSA) is 62.7 Å². The lowest BCUT2D eigenvalue weighted by atomic mass is 9.97. The molecule has 1 N–H and O–H groups in total. The van der Waals surface area contributed by atoms with E-state index >= 15 is 0 Å². The standard InChI is InChI=1S/C20H24N2O3/c1-13-11-18(23)16-12-15(5-6-17(16)21-13)14-7-9-22(10-8-14)19(24)25-20(2,3)4/h5-7,11-12H,8-10H2,1-4H3,(H,21,23). The number of hydrogen-bond acceptors (Lipinski definition) is 4. The summed E-state index contributed by atoms with van der Waals surface area (Å²) in [6.07, 6.45) is 2.52. The van der Waals surface area contributed by atoms with Gasteiger partial charge in [-0.25, -0.2) is 4.79 Å². The van der Waals surface area contributed by atoms with Gasteiger partial charge in [0, 0.05) is 30.2 Å². The van der Waals surface area contributed by atoms with Crippen molar-refractivity contribution < 1.29 is 14.6 Å². The fourth-order valence-electron chi connectivity index (χ4n) is 2.96. The van der Waals surface area contributed by atoms with Gasteiger partial charge >= 0.3 is 6.09 Å². The summed E-state index contributed by atoms with van der Waals surface area (Å²) in [5, 5.41) is 10.9. The Balaban J connectivity index is 1.80. The van der Waals surface area contributed by atoms with E-state index in [0.717, 1.165) is 28.6 Å².